The quantitative estimate of drug-likeness (QED) is 0.547. The summed E-state index contributed by atoms with van der Waals surface area (Å²) in [6.07, 6.45) is -0.538. The number of rotatable bonds is 3. The van der Waals surface area contributed by atoms with Crippen molar-refractivity contribution in [2.45, 2.75) is 26.9 Å². The van der Waals surface area contributed by atoms with E-state index in [1.54, 1.807) is 19.1 Å². The van der Waals surface area contributed by atoms with E-state index in [1.165, 1.54) is 6.92 Å². The van der Waals surface area contributed by atoms with Crippen LogP contribution in [-0.4, -0.2) is 11.9 Å². The van der Waals surface area contributed by atoms with Gasteiger partial charge in [-0.3, -0.25) is 4.79 Å². The third-order valence-corrected chi connectivity index (χ3v) is 3.78. The zero-order valence-corrected chi connectivity index (χ0v) is 12.7. The Labute approximate surface area is 127 Å². The van der Waals surface area contributed by atoms with E-state index >= 15 is 0 Å². The number of hydrogen-bond acceptors (Lipinski definition) is 4. The number of hydrogen-bond donors (Lipinski definition) is 0. The molecule has 0 spiro atoms. The summed E-state index contributed by atoms with van der Waals surface area (Å²) in [4.78, 5) is 23.4. The average Bonchev–Trinajstić information content (AvgIpc) is 2.46. The Morgan fingerprint density at radius 1 is 1.18 bits per heavy atom. The van der Waals surface area contributed by atoms with Crippen molar-refractivity contribution in [3.05, 3.63) is 52.4 Å². The minimum Gasteiger partial charge on any atom is -0.483 e. The lowest BCUT2D eigenvalue weighted by molar-refractivity contribution is -0.122. The van der Waals surface area contributed by atoms with E-state index in [2.05, 4.69) is 0 Å². The van der Waals surface area contributed by atoms with Crippen molar-refractivity contribution < 1.29 is 13.9 Å². The second-order valence-electron chi connectivity index (χ2n) is 5.42. The largest absolute Gasteiger partial charge is 0.483 e. The highest BCUT2D eigenvalue weighted by molar-refractivity contribution is 6.06. The van der Waals surface area contributed by atoms with Crippen LogP contribution in [0.5, 0.6) is 5.75 Å². The van der Waals surface area contributed by atoms with Crippen molar-refractivity contribution in [3.63, 3.8) is 0 Å². The van der Waals surface area contributed by atoms with Crippen molar-refractivity contribution in [3.8, 4) is 5.75 Å². The zero-order chi connectivity index (χ0) is 15.9. The fraction of sp³-hybridized carbons (Fsp3) is 0.222. The van der Waals surface area contributed by atoms with Crippen LogP contribution in [0, 0.1) is 6.92 Å². The third kappa shape index (κ3) is 2.37. The second kappa shape index (κ2) is 5.30. The molecule has 1 atom stereocenters. The van der Waals surface area contributed by atoms with Crippen molar-refractivity contribution in [2.24, 2.45) is 0 Å². The molecule has 2 aromatic carbocycles. The molecule has 22 heavy (non-hydrogen) atoms. The Morgan fingerprint density at radius 3 is 2.55 bits per heavy atom. The van der Waals surface area contributed by atoms with E-state index in [9.17, 15) is 9.59 Å². The van der Waals surface area contributed by atoms with Crippen LogP contribution in [0.1, 0.15) is 19.4 Å². The fourth-order valence-corrected chi connectivity index (χ4v) is 2.54. The number of ketones is 1. The van der Waals surface area contributed by atoms with Gasteiger partial charge in [0.2, 0.25) is 0 Å². The zero-order valence-electron chi connectivity index (χ0n) is 12.7. The Balaban J connectivity index is 2.25. The Morgan fingerprint density at radius 2 is 1.86 bits per heavy atom. The molecule has 1 heterocycles. The number of carbonyl (C=O) groups is 1. The summed E-state index contributed by atoms with van der Waals surface area (Å²) >= 11 is 0. The van der Waals surface area contributed by atoms with Crippen molar-refractivity contribution >= 4 is 27.5 Å². The number of Topliss-reactive ketones (excluding diaryl/α,β-unsaturated/α-hetero) is 1. The molecule has 3 rings (SSSR count). The first-order valence-electron chi connectivity index (χ1n) is 7.10. The van der Waals surface area contributed by atoms with Gasteiger partial charge < -0.3 is 9.15 Å². The summed E-state index contributed by atoms with van der Waals surface area (Å²) in [7, 11) is 0. The maximum atomic E-state index is 12.1. The molecule has 0 saturated carbocycles. The highest BCUT2D eigenvalue weighted by atomic mass is 16.5. The summed E-state index contributed by atoms with van der Waals surface area (Å²) in [6, 6.07) is 10.9. The first-order chi connectivity index (χ1) is 10.5. The van der Waals surface area contributed by atoms with Gasteiger partial charge in [-0.05, 0) is 38.5 Å². The lowest BCUT2D eigenvalue weighted by Gasteiger charge is -2.13. The van der Waals surface area contributed by atoms with Gasteiger partial charge in [0.05, 0.1) is 5.39 Å². The van der Waals surface area contributed by atoms with Crippen molar-refractivity contribution in [2.75, 3.05) is 0 Å². The van der Waals surface area contributed by atoms with E-state index in [4.69, 9.17) is 9.15 Å². The average molecular weight is 296 g/mol. The van der Waals surface area contributed by atoms with Crippen LogP contribution in [0.25, 0.3) is 21.7 Å². The smallest absolute Gasteiger partial charge is 0.344 e. The van der Waals surface area contributed by atoms with Gasteiger partial charge in [-0.15, -0.1) is 0 Å². The number of aryl methyl sites for hydroxylation is 1. The molecular formula is C18H16O4. The molecule has 0 saturated heterocycles. The van der Waals surface area contributed by atoms with Crippen LogP contribution in [0.15, 0.2) is 45.6 Å². The molecule has 112 valence electrons. The monoisotopic (exact) mass is 296 g/mol. The van der Waals surface area contributed by atoms with E-state index in [0.29, 0.717) is 16.7 Å². The predicted molar refractivity (Wildman–Crippen MR) is 85.5 cm³/mol. The lowest BCUT2D eigenvalue weighted by atomic mass is 10.0. The number of fused-ring (bicyclic) bond motifs is 3. The minimum atomic E-state index is -0.538. The van der Waals surface area contributed by atoms with Crippen LogP contribution >= 0.6 is 0 Å². The second-order valence-corrected chi connectivity index (χ2v) is 5.42. The van der Waals surface area contributed by atoms with Gasteiger partial charge in [-0.1, -0.05) is 18.2 Å². The molecule has 3 aromatic rings. The van der Waals surface area contributed by atoms with Crippen LogP contribution in [0.2, 0.25) is 0 Å². The van der Waals surface area contributed by atoms with Crippen molar-refractivity contribution in [1.82, 2.24) is 0 Å². The van der Waals surface area contributed by atoms with E-state index in [1.807, 2.05) is 31.2 Å². The van der Waals surface area contributed by atoms with Crippen LogP contribution in [-0.2, 0) is 4.79 Å². The molecule has 1 aromatic heterocycles. The molecule has 0 aliphatic heterocycles. The Kier molecular flexibility index (Phi) is 3.45. The summed E-state index contributed by atoms with van der Waals surface area (Å²) in [5.74, 6) is 0.462. The molecule has 0 unspecified atom stereocenters. The van der Waals surface area contributed by atoms with Gasteiger partial charge in [-0.25, -0.2) is 4.79 Å². The maximum absolute atomic E-state index is 12.1. The highest BCUT2D eigenvalue weighted by Gasteiger charge is 2.14. The summed E-state index contributed by atoms with van der Waals surface area (Å²) < 4.78 is 11.0. The highest BCUT2D eigenvalue weighted by Crippen LogP contribution is 2.30. The first-order valence-corrected chi connectivity index (χ1v) is 7.10. The summed E-state index contributed by atoms with van der Waals surface area (Å²) in [6.45, 7) is 5.10. The summed E-state index contributed by atoms with van der Waals surface area (Å²) in [5.41, 5.74) is 1.02. The standard InChI is InChI=1S/C18H16O4/c1-10-8-13(21-12(3)11(2)19)9-16-17(10)14-6-4-5-7-15(14)18(20)22-16/h4-9,12H,1-3H3/t12-/m1/s1. The van der Waals surface area contributed by atoms with E-state index in [0.717, 1.165) is 16.3 Å². The predicted octanol–water partition coefficient (Wildman–Crippen LogP) is 3.61. The van der Waals surface area contributed by atoms with E-state index in [-0.39, 0.29) is 11.4 Å². The van der Waals surface area contributed by atoms with Crippen LogP contribution < -0.4 is 10.4 Å². The van der Waals surface area contributed by atoms with Crippen LogP contribution in [0.4, 0.5) is 0 Å². The molecule has 0 bridgehead atoms. The van der Waals surface area contributed by atoms with Gasteiger partial charge >= 0.3 is 5.63 Å². The molecule has 0 radical (unpaired) electrons. The van der Waals surface area contributed by atoms with Crippen molar-refractivity contribution in [1.29, 1.82) is 0 Å². The topological polar surface area (TPSA) is 56.5 Å². The molecule has 4 heteroatoms. The maximum Gasteiger partial charge on any atom is 0.344 e. The molecule has 0 aliphatic carbocycles. The first kappa shape index (κ1) is 14.3. The number of carbonyl (C=O) groups excluding carboxylic acids is 1. The Bertz CT molecular complexity index is 937. The van der Waals surface area contributed by atoms with Crippen LogP contribution in [0.3, 0.4) is 0 Å². The summed E-state index contributed by atoms with van der Waals surface area (Å²) in [5, 5.41) is 2.30. The van der Waals surface area contributed by atoms with Gasteiger partial charge in [0.25, 0.3) is 0 Å². The molecular weight excluding hydrogens is 280 g/mol. The SMILES string of the molecule is CC(=O)[C@@H](C)Oc1cc(C)c2c(c1)oc(=O)c1ccccc12. The fourth-order valence-electron chi connectivity index (χ4n) is 2.54. The molecule has 0 amide bonds. The normalized spacial score (nSPS) is 12.5. The van der Waals surface area contributed by atoms with E-state index < -0.39 is 6.10 Å². The minimum absolute atomic E-state index is 0.0577. The number of ether oxygens (including phenoxy) is 1. The van der Waals surface area contributed by atoms with Gasteiger partial charge in [0.1, 0.15) is 11.3 Å². The molecule has 4 nitrogen and oxygen atoms in total. The third-order valence-electron chi connectivity index (χ3n) is 3.78. The number of benzene rings is 2. The lowest BCUT2D eigenvalue weighted by Crippen LogP contribution is -2.20. The van der Waals surface area contributed by atoms with Gasteiger partial charge in [0.15, 0.2) is 11.9 Å². The Hall–Kier alpha value is -2.62. The molecule has 0 aliphatic rings. The molecule has 0 fully saturated rings. The van der Waals surface area contributed by atoms with Gasteiger partial charge in [-0.2, -0.15) is 0 Å². The van der Waals surface area contributed by atoms with Gasteiger partial charge in [0, 0.05) is 16.8 Å². The molecule has 0 N–H and O–H groups in total.